The highest BCUT2D eigenvalue weighted by molar-refractivity contribution is 6.30. The molecule has 1 aromatic carbocycles. The lowest BCUT2D eigenvalue weighted by Crippen LogP contribution is -2.24. The zero-order chi connectivity index (χ0) is 12.6. The molecule has 1 heterocycles. The molecule has 2 aromatic rings. The summed E-state index contributed by atoms with van der Waals surface area (Å²) < 4.78 is 1.82. The van der Waals surface area contributed by atoms with Gasteiger partial charge in [-0.1, -0.05) is 23.7 Å². The van der Waals surface area contributed by atoms with Crippen LogP contribution in [-0.2, 0) is 5.54 Å². The van der Waals surface area contributed by atoms with Crippen LogP contribution in [-0.4, -0.2) is 9.78 Å². The number of nitrogens with two attached hydrogens (primary N) is 1. The molecule has 17 heavy (non-hydrogen) atoms. The van der Waals surface area contributed by atoms with E-state index in [9.17, 15) is 0 Å². The van der Waals surface area contributed by atoms with Gasteiger partial charge in [-0.3, -0.25) is 0 Å². The van der Waals surface area contributed by atoms with Crippen LogP contribution in [0.3, 0.4) is 0 Å². The molecule has 3 nitrogen and oxygen atoms in total. The largest absolute Gasteiger partial charge is 0.384 e. The Morgan fingerprint density at radius 1 is 1.24 bits per heavy atom. The Balaban J connectivity index is 2.49. The van der Waals surface area contributed by atoms with Crippen LogP contribution in [0.4, 0.5) is 5.82 Å². The van der Waals surface area contributed by atoms with Crippen LogP contribution in [0.2, 0.25) is 5.02 Å². The maximum absolute atomic E-state index is 5.97. The van der Waals surface area contributed by atoms with Gasteiger partial charge in [-0.05, 0) is 32.9 Å². The molecule has 0 aliphatic carbocycles. The molecule has 4 heteroatoms. The van der Waals surface area contributed by atoms with Gasteiger partial charge in [-0.2, -0.15) is 5.10 Å². The Kier molecular flexibility index (Phi) is 2.87. The van der Waals surface area contributed by atoms with Crippen LogP contribution in [0.15, 0.2) is 30.3 Å². The smallest absolute Gasteiger partial charge is 0.122 e. The summed E-state index contributed by atoms with van der Waals surface area (Å²) in [6.45, 7) is 6.20. The van der Waals surface area contributed by atoms with Gasteiger partial charge in [-0.15, -0.1) is 0 Å². The first kappa shape index (κ1) is 12.0. The van der Waals surface area contributed by atoms with Crippen LogP contribution in [0, 0.1) is 0 Å². The van der Waals surface area contributed by atoms with E-state index in [1.165, 1.54) is 0 Å². The Morgan fingerprint density at radius 2 is 1.94 bits per heavy atom. The minimum Gasteiger partial charge on any atom is -0.384 e. The average molecular weight is 250 g/mol. The van der Waals surface area contributed by atoms with E-state index in [0.29, 0.717) is 10.8 Å². The summed E-state index contributed by atoms with van der Waals surface area (Å²) in [5, 5.41) is 5.23. The maximum atomic E-state index is 5.97. The van der Waals surface area contributed by atoms with Gasteiger partial charge >= 0.3 is 0 Å². The third-order valence-corrected chi connectivity index (χ3v) is 2.73. The molecule has 0 atom stereocenters. The van der Waals surface area contributed by atoms with E-state index in [-0.39, 0.29) is 5.54 Å². The van der Waals surface area contributed by atoms with E-state index in [0.717, 1.165) is 11.3 Å². The van der Waals surface area contributed by atoms with E-state index in [1.54, 1.807) is 0 Å². The van der Waals surface area contributed by atoms with Crippen LogP contribution in [0.1, 0.15) is 20.8 Å². The second-order valence-corrected chi connectivity index (χ2v) is 5.48. The molecule has 0 aliphatic heterocycles. The van der Waals surface area contributed by atoms with Crippen molar-refractivity contribution in [2.24, 2.45) is 0 Å². The number of rotatable bonds is 1. The lowest BCUT2D eigenvalue weighted by molar-refractivity contribution is 0.362. The number of nitrogen functional groups attached to an aromatic ring is 1. The van der Waals surface area contributed by atoms with Gasteiger partial charge in [0.25, 0.3) is 0 Å². The minimum atomic E-state index is -0.124. The number of benzene rings is 1. The molecule has 0 fully saturated rings. The highest BCUT2D eigenvalue weighted by Crippen LogP contribution is 2.26. The molecule has 0 saturated carbocycles. The highest BCUT2D eigenvalue weighted by atomic mass is 35.5. The van der Waals surface area contributed by atoms with Crippen molar-refractivity contribution in [1.82, 2.24) is 9.78 Å². The Labute approximate surface area is 106 Å². The number of halogens is 1. The SMILES string of the molecule is CC(C)(C)n1nc(-c2cccc(Cl)c2)cc1N. The van der Waals surface area contributed by atoms with E-state index in [4.69, 9.17) is 17.3 Å². The first-order chi connectivity index (χ1) is 7.88. The van der Waals surface area contributed by atoms with Crippen molar-refractivity contribution in [2.75, 3.05) is 5.73 Å². The monoisotopic (exact) mass is 249 g/mol. The summed E-state index contributed by atoms with van der Waals surface area (Å²) in [5.41, 5.74) is 7.67. The number of hydrogen-bond donors (Lipinski definition) is 1. The van der Waals surface area contributed by atoms with Gasteiger partial charge in [-0.25, -0.2) is 4.68 Å². The second kappa shape index (κ2) is 4.08. The molecule has 0 amide bonds. The molecule has 0 unspecified atom stereocenters. The van der Waals surface area contributed by atoms with E-state index >= 15 is 0 Å². The standard InChI is InChI=1S/C13H16ClN3/c1-13(2,3)17-12(15)8-11(16-17)9-5-4-6-10(14)7-9/h4-8H,15H2,1-3H3. The van der Waals surface area contributed by atoms with Crippen molar-refractivity contribution in [1.29, 1.82) is 0 Å². The zero-order valence-corrected chi connectivity index (χ0v) is 11.0. The van der Waals surface area contributed by atoms with Crippen molar-refractivity contribution in [3.05, 3.63) is 35.4 Å². The van der Waals surface area contributed by atoms with Gasteiger partial charge in [0.2, 0.25) is 0 Å². The summed E-state index contributed by atoms with van der Waals surface area (Å²) in [4.78, 5) is 0. The molecule has 0 saturated heterocycles. The fraction of sp³-hybridized carbons (Fsp3) is 0.308. The van der Waals surface area contributed by atoms with Crippen molar-refractivity contribution < 1.29 is 0 Å². The van der Waals surface area contributed by atoms with Crippen molar-refractivity contribution in [3.63, 3.8) is 0 Å². The third-order valence-electron chi connectivity index (χ3n) is 2.49. The number of nitrogens with zero attached hydrogens (tertiary/aromatic N) is 2. The second-order valence-electron chi connectivity index (χ2n) is 5.05. The molecule has 1 aromatic heterocycles. The average Bonchev–Trinajstić information content (AvgIpc) is 2.60. The fourth-order valence-corrected chi connectivity index (χ4v) is 1.91. The predicted molar refractivity (Wildman–Crippen MR) is 72.1 cm³/mol. The summed E-state index contributed by atoms with van der Waals surface area (Å²) in [6, 6.07) is 9.48. The van der Waals surface area contributed by atoms with Crippen LogP contribution in [0.5, 0.6) is 0 Å². The van der Waals surface area contributed by atoms with Crippen molar-refractivity contribution in [2.45, 2.75) is 26.3 Å². The summed E-state index contributed by atoms with van der Waals surface area (Å²) in [7, 11) is 0. The molecular formula is C13H16ClN3. The summed E-state index contributed by atoms with van der Waals surface area (Å²) in [5.74, 6) is 0.660. The molecule has 0 bridgehead atoms. The quantitative estimate of drug-likeness (QED) is 0.840. The van der Waals surface area contributed by atoms with E-state index in [2.05, 4.69) is 25.9 Å². The molecule has 0 radical (unpaired) electrons. The third kappa shape index (κ3) is 2.44. The van der Waals surface area contributed by atoms with Gasteiger partial charge in [0, 0.05) is 16.7 Å². The Morgan fingerprint density at radius 3 is 2.47 bits per heavy atom. The molecule has 2 rings (SSSR count). The van der Waals surface area contributed by atoms with Gasteiger partial charge in [0.15, 0.2) is 0 Å². The Hall–Kier alpha value is -1.48. The summed E-state index contributed by atoms with van der Waals surface area (Å²) >= 11 is 5.97. The van der Waals surface area contributed by atoms with Gasteiger partial charge < -0.3 is 5.73 Å². The first-order valence-electron chi connectivity index (χ1n) is 5.50. The maximum Gasteiger partial charge on any atom is 0.122 e. The van der Waals surface area contributed by atoms with Crippen LogP contribution in [0.25, 0.3) is 11.3 Å². The van der Waals surface area contributed by atoms with E-state index < -0.39 is 0 Å². The van der Waals surface area contributed by atoms with Gasteiger partial charge in [0.1, 0.15) is 5.82 Å². The fourth-order valence-electron chi connectivity index (χ4n) is 1.72. The number of aromatic nitrogens is 2. The molecule has 0 aliphatic rings. The predicted octanol–water partition coefficient (Wildman–Crippen LogP) is 3.54. The number of anilines is 1. The van der Waals surface area contributed by atoms with Crippen molar-refractivity contribution >= 4 is 17.4 Å². The molecule has 90 valence electrons. The van der Waals surface area contributed by atoms with Gasteiger partial charge in [0.05, 0.1) is 11.2 Å². The Bertz CT molecular complexity index is 538. The van der Waals surface area contributed by atoms with Crippen molar-refractivity contribution in [3.8, 4) is 11.3 Å². The first-order valence-corrected chi connectivity index (χ1v) is 5.88. The molecule has 0 spiro atoms. The highest BCUT2D eigenvalue weighted by Gasteiger charge is 2.18. The van der Waals surface area contributed by atoms with E-state index in [1.807, 2.05) is 35.0 Å². The van der Waals surface area contributed by atoms with Crippen LogP contribution >= 0.6 is 11.6 Å². The normalized spacial score (nSPS) is 11.8. The minimum absolute atomic E-state index is 0.124. The number of hydrogen-bond acceptors (Lipinski definition) is 2. The lowest BCUT2D eigenvalue weighted by Gasteiger charge is -2.20. The topological polar surface area (TPSA) is 43.8 Å². The zero-order valence-electron chi connectivity index (χ0n) is 10.2. The van der Waals surface area contributed by atoms with Crippen LogP contribution < -0.4 is 5.73 Å². The molecular weight excluding hydrogens is 234 g/mol. The molecule has 2 N–H and O–H groups in total. The summed E-state index contributed by atoms with van der Waals surface area (Å²) in [6.07, 6.45) is 0. The lowest BCUT2D eigenvalue weighted by atomic mass is 10.1.